The van der Waals surface area contributed by atoms with E-state index in [9.17, 15) is 9.90 Å². The van der Waals surface area contributed by atoms with Gasteiger partial charge < -0.3 is 24.4 Å². The van der Waals surface area contributed by atoms with Crippen molar-refractivity contribution >= 4 is 5.91 Å². The Morgan fingerprint density at radius 3 is 2.81 bits per heavy atom. The number of amides is 1. The monoisotopic (exact) mass is 369 g/mol. The van der Waals surface area contributed by atoms with E-state index in [1.807, 2.05) is 0 Å². The van der Waals surface area contributed by atoms with Crippen LogP contribution in [-0.2, 0) is 0 Å². The second kappa shape index (κ2) is 8.33. The van der Waals surface area contributed by atoms with Gasteiger partial charge in [-0.05, 0) is 30.3 Å². The molecule has 0 fully saturated rings. The summed E-state index contributed by atoms with van der Waals surface area (Å²) in [5, 5.41) is 16.8. The molecule has 0 aliphatic heterocycles. The van der Waals surface area contributed by atoms with Crippen molar-refractivity contribution in [1.82, 2.24) is 15.5 Å². The summed E-state index contributed by atoms with van der Waals surface area (Å²) in [6.07, 6.45) is 2.27. The van der Waals surface area contributed by atoms with Crippen LogP contribution in [0.5, 0.6) is 11.5 Å². The zero-order valence-corrected chi connectivity index (χ0v) is 14.9. The van der Waals surface area contributed by atoms with Gasteiger partial charge in [0.15, 0.2) is 11.5 Å². The SMILES string of the molecule is COc1ccc(OC)c(C(O)CNC(=O)c2cc(-c3cccnc3)on2)c1. The molecule has 2 N–H and O–H groups in total. The molecule has 0 spiro atoms. The highest BCUT2D eigenvalue weighted by Crippen LogP contribution is 2.29. The van der Waals surface area contributed by atoms with E-state index in [0.717, 1.165) is 0 Å². The van der Waals surface area contributed by atoms with Crippen LogP contribution in [0.25, 0.3) is 11.3 Å². The quantitative estimate of drug-likeness (QED) is 0.657. The Kier molecular flexibility index (Phi) is 5.68. The molecule has 1 atom stereocenters. The van der Waals surface area contributed by atoms with Crippen LogP contribution in [-0.4, -0.2) is 41.9 Å². The lowest BCUT2D eigenvalue weighted by Gasteiger charge is -2.16. The van der Waals surface area contributed by atoms with Crippen molar-refractivity contribution in [2.45, 2.75) is 6.10 Å². The molecule has 3 aromatic rings. The number of methoxy groups -OCH3 is 2. The predicted octanol–water partition coefficient (Wildman–Crippen LogP) is 2.22. The van der Waals surface area contributed by atoms with Crippen molar-refractivity contribution in [3.05, 3.63) is 60.0 Å². The lowest BCUT2D eigenvalue weighted by atomic mass is 10.1. The molecule has 8 nitrogen and oxygen atoms in total. The number of aromatic nitrogens is 2. The van der Waals surface area contributed by atoms with Crippen molar-refractivity contribution in [2.75, 3.05) is 20.8 Å². The predicted molar refractivity (Wildman–Crippen MR) is 96.6 cm³/mol. The van der Waals surface area contributed by atoms with Crippen LogP contribution in [0.15, 0.2) is 53.3 Å². The minimum atomic E-state index is -0.983. The molecule has 0 aliphatic rings. The normalized spacial score (nSPS) is 11.7. The van der Waals surface area contributed by atoms with Crippen molar-refractivity contribution in [3.8, 4) is 22.8 Å². The van der Waals surface area contributed by atoms with Crippen molar-refractivity contribution in [1.29, 1.82) is 0 Å². The summed E-state index contributed by atoms with van der Waals surface area (Å²) >= 11 is 0. The lowest BCUT2D eigenvalue weighted by molar-refractivity contribution is 0.0905. The topological polar surface area (TPSA) is 107 Å². The Bertz CT molecular complexity index is 911. The number of rotatable bonds is 7. The summed E-state index contributed by atoms with van der Waals surface area (Å²) in [6, 6.07) is 10.2. The van der Waals surface area contributed by atoms with Crippen LogP contribution in [0.1, 0.15) is 22.2 Å². The lowest BCUT2D eigenvalue weighted by Crippen LogP contribution is -2.28. The van der Waals surface area contributed by atoms with E-state index in [1.54, 1.807) is 42.7 Å². The number of hydrogen-bond donors (Lipinski definition) is 2. The number of carbonyl (C=O) groups is 1. The summed E-state index contributed by atoms with van der Waals surface area (Å²) in [4.78, 5) is 16.3. The minimum Gasteiger partial charge on any atom is -0.497 e. The molecule has 0 saturated carbocycles. The van der Waals surface area contributed by atoms with Crippen molar-refractivity contribution < 1.29 is 23.9 Å². The van der Waals surface area contributed by atoms with Gasteiger partial charge in [0.1, 0.15) is 17.6 Å². The van der Waals surface area contributed by atoms with Gasteiger partial charge >= 0.3 is 0 Å². The number of aliphatic hydroxyl groups excluding tert-OH is 1. The second-order valence-corrected chi connectivity index (χ2v) is 5.65. The van der Waals surface area contributed by atoms with E-state index in [1.165, 1.54) is 20.3 Å². The van der Waals surface area contributed by atoms with E-state index in [-0.39, 0.29) is 12.2 Å². The number of ether oxygens (including phenoxy) is 2. The summed E-state index contributed by atoms with van der Waals surface area (Å²) in [7, 11) is 3.04. The smallest absolute Gasteiger partial charge is 0.273 e. The molecule has 0 bridgehead atoms. The summed E-state index contributed by atoms with van der Waals surface area (Å²) in [6.45, 7) is -0.0303. The van der Waals surface area contributed by atoms with Gasteiger partial charge in [0, 0.05) is 36.1 Å². The molecule has 0 saturated heterocycles. The standard InChI is InChI=1S/C19H19N3O5/c1-25-13-5-6-17(26-2)14(8-13)16(23)11-21-19(24)15-9-18(27-22-15)12-4-3-7-20-10-12/h3-10,16,23H,11H2,1-2H3,(H,21,24). The average Bonchev–Trinajstić information content (AvgIpc) is 3.22. The number of benzene rings is 1. The van der Waals surface area contributed by atoms with Crippen LogP contribution in [0, 0.1) is 0 Å². The molecular weight excluding hydrogens is 350 g/mol. The average molecular weight is 369 g/mol. The maximum atomic E-state index is 12.3. The molecule has 8 heteroatoms. The zero-order chi connectivity index (χ0) is 19.2. The molecule has 2 aromatic heterocycles. The molecular formula is C19H19N3O5. The van der Waals surface area contributed by atoms with Gasteiger partial charge in [0.2, 0.25) is 0 Å². The molecule has 0 radical (unpaired) electrons. The molecule has 27 heavy (non-hydrogen) atoms. The third-order valence-electron chi connectivity index (χ3n) is 3.94. The maximum absolute atomic E-state index is 12.3. The van der Waals surface area contributed by atoms with E-state index in [0.29, 0.717) is 28.4 Å². The van der Waals surface area contributed by atoms with Crippen LogP contribution in [0.4, 0.5) is 0 Å². The first kappa shape index (κ1) is 18.4. The third-order valence-corrected chi connectivity index (χ3v) is 3.94. The number of nitrogens with zero attached hydrogens (tertiary/aromatic N) is 2. The fourth-order valence-electron chi connectivity index (χ4n) is 2.52. The van der Waals surface area contributed by atoms with E-state index >= 15 is 0 Å². The highest BCUT2D eigenvalue weighted by Gasteiger charge is 2.18. The largest absolute Gasteiger partial charge is 0.497 e. The van der Waals surface area contributed by atoms with Gasteiger partial charge in [-0.2, -0.15) is 0 Å². The Labute approximate surface area is 155 Å². The second-order valence-electron chi connectivity index (χ2n) is 5.65. The number of carbonyl (C=O) groups excluding carboxylic acids is 1. The first-order valence-electron chi connectivity index (χ1n) is 8.17. The summed E-state index contributed by atoms with van der Waals surface area (Å²) in [5.74, 6) is 1.05. The fraction of sp³-hybridized carbons (Fsp3) is 0.211. The number of nitrogens with one attached hydrogen (secondary N) is 1. The minimum absolute atomic E-state index is 0.0303. The van der Waals surface area contributed by atoms with E-state index < -0.39 is 12.0 Å². The van der Waals surface area contributed by atoms with E-state index in [4.69, 9.17) is 14.0 Å². The van der Waals surface area contributed by atoms with Crippen LogP contribution >= 0.6 is 0 Å². The van der Waals surface area contributed by atoms with Gasteiger partial charge in [-0.15, -0.1) is 0 Å². The summed E-state index contributed by atoms with van der Waals surface area (Å²) in [5.41, 5.74) is 1.33. The first-order chi connectivity index (χ1) is 13.1. The summed E-state index contributed by atoms with van der Waals surface area (Å²) < 4.78 is 15.6. The molecule has 2 heterocycles. The maximum Gasteiger partial charge on any atom is 0.273 e. The Morgan fingerprint density at radius 1 is 1.26 bits per heavy atom. The van der Waals surface area contributed by atoms with Crippen molar-refractivity contribution in [3.63, 3.8) is 0 Å². The van der Waals surface area contributed by atoms with Gasteiger partial charge in [0.25, 0.3) is 5.91 Å². The Balaban J connectivity index is 1.66. The zero-order valence-electron chi connectivity index (χ0n) is 14.9. The highest BCUT2D eigenvalue weighted by molar-refractivity contribution is 5.93. The van der Waals surface area contributed by atoms with Gasteiger partial charge in [-0.25, -0.2) is 0 Å². The van der Waals surface area contributed by atoms with Gasteiger partial charge in [0.05, 0.1) is 14.2 Å². The molecule has 1 unspecified atom stereocenters. The fourth-order valence-corrected chi connectivity index (χ4v) is 2.52. The molecule has 1 aromatic carbocycles. The molecule has 1 amide bonds. The highest BCUT2D eigenvalue weighted by atomic mass is 16.5. The number of pyridine rings is 1. The Morgan fingerprint density at radius 2 is 2.11 bits per heavy atom. The first-order valence-corrected chi connectivity index (χ1v) is 8.17. The van der Waals surface area contributed by atoms with Gasteiger partial charge in [-0.1, -0.05) is 5.16 Å². The Hall–Kier alpha value is -3.39. The number of aliphatic hydroxyl groups is 1. The number of hydrogen-bond acceptors (Lipinski definition) is 7. The molecule has 0 aliphatic carbocycles. The molecule has 3 rings (SSSR count). The van der Waals surface area contributed by atoms with E-state index in [2.05, 4.69) is 15.5 Å². The van der Waals surface area contributed by atoms with Crippen LogP contribution in [0.3, 0.4) is 0 Å². The van der Waals surface area contributed by atoms with Crippen molar-refractivity contribution in [2.24, 2.45) is 0 Å². The third kappa shape index (κ3) is 4.24. The van der Waals surface area contributed by atoms with Gasteiger partial charge in [-0.3, -0.25) is 9.78 Å². The van der Waals surface area contributed by atoms with Crippen LogP contribution in [0.2, 0.25) is 0 Å². The molecule has 140 valence electrons. The van der Waals surface area contributed by atoms with Crippen LogP contribution < -0.4 is 14.8 Å².